The monoisotopic (exact) mass is 374 g/mol. The minimum Gasteiger partial charge on any atom is -0.367 e. The molecule has 0 atom stereocenters. The molecule has 0 aromatic carbocycles. The summed E-state index contributed by atoms with van der Waals surface area (Å²) in [6, 6.07) is 15.3. The zero-order valence-corrected chi connectivity index (χ0v) is 15.5. The van der Waals surface area contributed by atoms with Crippen molar-refractivity contribution >= 4 is 17.4 Å². The average Bonchev–Trinajstić information content (AvgIpc) is 2.79. The molecule has 3 aromatic heterocycles. The number of piperazine rings is 1. The maximum atomic E-state index is 12.3. The fourth-order valence-corrected chi connectivity index (χ4v) is 3.21. The molecule has 28 heavy (non-hydrogen) atoms. The van der Waals surface area contributed by atoms with E-state index in [1.54, 1.807) is 18.5 Å². The van der Waals surface area contributed by atoms with Crippen molar-refractivity contribution in [3.63, 3.8) is 0 Å². The molecule has 7 nitrogen and oxygen atoms in total. The topological polar surface area (TPSA) is 74.2 Å². The Balaban J connectivity index is 1.31. The van der Waals surface area contributed by atoms with Gasteiger partial charge in [-0.3, -0.25) is 9.78 Å². The third-order valence-corrected chi connectivity index (χ3v) is 4.75. The third-order valence-electron chi connectivity index (χ3n) is 4.75. The van der Waals surface area contributed by atoms with E-state index >= 15 is 0 Å². The van der Waals surface area contributed by atoms with Crippen molar-refractivity contribution in [1.82, 2.24) is 20.3 Å². The number of pyridine rings is 3. The molecule has 1 N–H and O–H groups in total. The average molecular weight is 374 g/mol. The number of anilines is 2. The van der Waals surface area contributed by atoms with Crippen molar-refractivity contribution in [3.8, 4) is 0 Å². The Kier molecular flexibility index (Phi) is 5.42. The molecule has 1 fully saturated rings. The van der Waals surface area contributed by atoms with Crippen molar-refractivity contribution in [1.29, 1.82) is 0 Å². The summed E-state index contributed by atoms with van der Waals surface area (Å²) in [6.45, 7) is 3.98. The van der Waals surface area contributed by atoms with Gasteiger partial charge in [-0.15, -0.1) is 0 Å². The summed E-state index contributed by atoms with van der Waals surface area (Å²) in [5.74, 6) is 0.817. The summed E-state index contributed by atoms with van der Waals surface area (Å²) >= 11 is 0. The van der Waals surface area contributed by atoms with Gasteiger partial charge in [-0.1, -0.05) is 12.1 Å². The van der Waals surface area contributed by atoms with Crippen LogP contribution in [0.4, 0.5) is 11.5 Å². The molecule has 0 aliphatic carbocycles. The van der Waals surface area contributed by atoms with Crippen LogP contribution in [0.5, 0.6) is 0 Å². The fourth-order valence-electron chi connectivity index (χ4n) is 3.21. The predicted octanol–water partition coefficient (Wildman–Crippen LogP) is 2.13. The normalized spacial score (nSPS) is 14.0. The molecule has 0 saturated carbocycles. The van der Waals surface area contributed by atoms with Crippen molar-refractivity contribution in [3.05, 3.63) is 78.5 Å². The number of nitrogens with one attached hydrogen (secondary N) is 1. The molecule has 4 rings (SSSR count). The molecule has 4 heterocycles. The predicted molar refractivity (Wildman–Crippen MR) is 108 cm³/mol. The molecule has 1 saturated heterocycles. The molecule has 142 valence electrons. The molecule has 1 aliphatic heterocycles. The van der Waals surface area contributed by atoms with Gasteiger partial charge in [0, 0.05) is 38.6 Å². The molecular weight excluding hydrogens is 352 g/mol. The van der Waals surface area contributed by atoms with Crippen LogP contribution in [0.25, 0.3) is 0 Å². The molecule has 1 amide bonds. The van der Waals surface area contributed by atoms with E-state index < -0.39 is 0 Å². The number of carbonyl (C=O) groups excluding carboxylic acids is 1. The summed E-state index contributed by atoms with van der Waals surface area (Å²) < 4.78 is 0. The highest BCUT2D eigenvalue weighted by Gasteiger charge is 2.18. The second-order valence-corrected chi connectivity index (χ2v) is 6.57. The first kappa shape index (κ1) is 17.9. The Morgan fingerprint density at radius 2 is 1.61 bits per heavy atom. The highest BCUT2D eigenvalue weighted by molar-refractivity contribution is 5.92. The van der Waals surface area contributed by atoms with E-state index in [2.05, 4.69) is 30.1 Å². The van der Waals surface area contributed by atoms with Crippen LogP contribution < -0.4 is 15.1 Å². The SMILES string of the molecule is O=C(NCc1ccccn1)c1ccc(N2CCN(c3ccccn3)CC2)cn1. The van der Waals surface area contributed by atoms with E-state index in [-0.39, 0.29) is 5.91 Å². The largest absolute Gasteiger partial charge is 0.367 e. The summed E-state index contributed by atoms with van der Waals surface area (Å²) in [5.41, 5.74) is 2.26. The van der Waals surface area contributed by atoms with Crippen molar-refractivity contribution in [2.75, 3.05) is 36.0 Å². The molecule has 0 bridgehead atoms. The lowest BCUT2D eigenvalue weighted by molar-refractivity contribution is 0.0945. The van der Waals surface area contributed by atoms with Gasteiger partial charge in [-0.05, 0) is 36.4 Å². The lowest BCUT2D eigenvalue weighted by atomic mass is 10.2. The third kappa shape index (κ3) is 4.25. The Labute approximate surface area is 164 Å². The van der Waals surface area contributed by atoms with Crippen LogP contribution in [0.15, 0.2) is 67.1 Å². The van der Waals surface area contributed by atoms with Gasteiger partial charge in [-0.2, -0.15) is 0 Å². The molecule has 0 unspecified atom stereocenters. The molecule has 1 aliphatic rings. The second kappa shape index (κ2) is 8.47. The van der Waals surface area contributed by atoms with Crippen molar-refractivity contribution in [2.45, 2.75) is 6.54 Å². The summed E-state index contributed by atoms with van der Waals surface area (Å²) in [5, 5.41) is 2.85. The van der Waals surface area contributed by atoms with Crippen LogP contribution in [0, 0.1) is 0 Å². The molecule has 3 aromatic rings. The van der Waals surface area contributed by atoms with E-state index in [9.17, 15) is 4.79 Å². The number of amides is 1. The van der Waals surface area contributed by atoms with E-state index in [0.717, 1.165) is 43.4 Å². The maximum Gasteiger partial charge on any atom is 0.270 e. The number of carbonyl (C=O) groups is 1. The Hall–Kier alpha value is -3.48. The van der Waals surface area contributed by atoms with Crippen LogP contribution in [0.3, 0.4) is 0 Å². The lowest BCUT2D eigenvalue weighted by Crippen LogP contribution is -2.46. The molecule has 0 radical (unpaired) electrons. The van der Waals surface area contributed by atoms with Gasteiger partial charge in [0.25, 0.3) is 5.91 Å². The van der Waals surface area contributed by atoms with Gasteiger partial charge in [0.05, 0.1) is 24.1 Å². The van der Waals surface area contributed by atoms with Gasteiger partial charge < -0.3 is 15.1 Å². The zero-order valence-electron chi connectivity index (χ0n) is 15.5. The number of rotatable bonds is 5. The summed E-state index contributed by atoms with van der Waals surface area (Å²) in [6.07, 6.45) is 5.30. The standard InChI is InChI=1S/C21H22N6O/c28-21(25-15-17-5-1-3-9-22-17)19-8-7-18(16-24-19)26-11-13-27(14-12-26)20-6-2-4-10-23-20/h1-10,16H,11-15H2,(H,25,28). The highest BCUT2D eigenvalue weighted by atomic mass is 16.1. The zero-order chi connectivity index (χ0) is 19.2. The van der Waals surface area contributed by atoms with E-state index in [0.29, 0.717) is 12.2 Å². The first-order valence-corrected chi connectivity index (χ1v) is 9.35. The van der Waals surface area contributed by atoms with Gasteiger partial charge in [-0.25, -0.2) is 9.97 Å². The van der Waals surface area contributed by atoms with Crippen LogP contribution in [-0.4, -0.2) is 47.0 Å². The van der Waals surface area contributed by atoms with Crippen LogP contribution in [0.1, 0.15) is 16.2 Å². The van der Waals surface area contributed by atoms with Crippen molar-refractivity contribution < 1.29 is 4.79 Å². The van der Waals surface area contributed by atoms with Gasteiger partial charge in [0.2, 0.25) is 0 Å². The Morgan fingerprint density at radius 1 is 0.857 bits per heavy atom. The fraction of sp³-hybridized carbons (Fsp3) is 0.238. The number of nitrogens with zero attached hydrogens (tertiary/aromatic N) is 5. The quantitative estimate of drug-likeness (QED) is 0.737. The van der Waals surface area contributed by atoms with Gasteiger partial charge in [0.15, 0.2) is 0 Å². The van der Waals surface area contributed by atoms with Gasteiger partial charge >= 0.3 is 0 Å². The first-order valence-electron chi connectivity index (χ1n) is 9.35. The lowest BCUT2D eigenvalue weighted by Gasteiger charge is -2.36. The number of aromatic nitrogens is 3. The Bertz CT molecular complexity index is 893. The number of hydrogen-bond acceptors (Lipinski definition) is 6. The van der Waals surface area contributed by atoms with E-state index in [1.807, 2.05) is 48.7 Å². The van der Waals surface area contributed by atoms with Crippen LogP contribution in [0.2, 0.25) is 0 Å². The van der Waals surface area contributed by atoms with Crippen molar-refractivity contribution in [2.24, 2.45) is 0 Å². The minimum atomic E-state index is -0.197. The van der Waals surface area contributed by atoms with E-state index in [4.69, 9.17) is 0 Å². The van der Waals surface area contributed by atoms with Crippen LogP contribution in [-0.2, 0) is 6.54 Å². The second-order valence-electron chi connectivity index (χ2n) is 6.57. The smallest absolute Gasteiger partial charge is 0.270 e. The van der Waals surface area contributed by atoms with E-state index in [1.165, 1.54) is 0 Å². The first-order chi connectivity index (χ1) is 13.8. The number of hydrogen-bond donors (Lipinski definition) is 1. The summed E-state index contributed by atoms with van der Waals surface area (Å²) in [7, 11) is 0. The molecule has 0 spiro atoms. The van der Waals surface area contributed by atoms with Crippen LogP contribution >= 0.6 is 0 Å². The maximum absolute atomic E-state index is 12.3. The van der Waals surface area contributed by atoms with Gasteiger partial charge in [0.1, 0.15) is 11.5 Å². The minimum absolute atomic E-state index is 0.197. The Morgan fingerprint density at radius 3 is 2.25 bits per heavy atom. The molecular formula is C21H22N6O. The summed E-state index contributed by atoms with van der Waals surface area (Å²) in [4.78, 5) is 29.8. The molecule has 7 heteroatoms. The highest BCUT2D eigenvalue weighted by Crippen LogP contribution is 2.18.